The zero-order chi connectivity index (χ0) is 13.0. The molecule has 0 unspecified atom stereocenters. The van der Waals surface area contributed by atoms with Crippen molar-refractivity contribution in [3.8, 4) is 0 Å². The molecule has 1 aliphatic rings. The Morgan fingerprint density at radius 3 is 2.89 bits per heavy atom. The molecule has 1 aromatic heterocycles. The molecule has 0 saturated carbocycles. The number of hydrogen-bond donors (Lipinski definition) is 1. The van der Waals surface area contributed by atoms with Crippen LogP contribution < -0.4 is 5.32 Å². The number of methoxy groups -OCH3 is 1. The van der Waals surface area contributed by atoms with Gasteiger partial charge in [0, 0.05) is 12.2 Å². The molecule has 0 atom stereocenters. The smallest absolute Gasteiger partial charge is 0.356 e. The highest BCUT2D eigenvalue weighted by molar-refractivity contribution is 5.87. The van der Waals surface area contributed by atoms with Crippen molar-refractivity contribution in [2.75, 3.05) is 32.6 Å². The van der Waals surface area contributed by atoms with E-state index in [1.807, 2.05) is 0 Å². The summed E-state index contributed by atoms with van der Waals surface area (Å²) in [5.41, 5.74) is 0.280. The lowest BCUT2D eigenvalue weighted by atomic mass is 10.1. The summed E-state index contributed by atoms with van der Waals surface area (Å²) in [6, 6.07) is 1.92. The van der Waals surface area contributed by atoms with Gasteiger partial charge in [0.15, 0.2) is 5.69 Å². The second-order valence-electron chi connectivity index (χ2n) is 4.48. The summed E-state index contributed by atoms with van der Waals surface area (Å²) in [6.45, 7) is 2.13. The van der Waals surface area contributed by atoms with Gasteiger partial charge in [-0.15, -0.1) is 0 Å². The fraction of sp³-hybridized carbons (Fsp3) is 0.583. The van der Waals surface area contributed by atoms with E-state index in [1.165, 1.54) is 7.11 Å². The maximum atomic E-state index is 11.4. The summed E-state index contributed by atoms with van der Waals surface area (Å²) < 4.78 is 4.63. The van der Waals surface area contributed by atoms with Crippen LogP contribution in [0.25, 0.3) is 0 Å². The molecule has 0 aromatic carbocycles. The van der Waals surface area contributed by atoms with Crippen LogP contribution in [0.2, 0.25) is 0 Å². The summed E-state index contributed by atoms with van der Waals surface area (Å²) in [7, 11) is 3.46. The molecule has 18 heavy (non-hydrogen) atoms. The van der Waals surface area contributed by atoms with Crippen molar-refractivity contribution in [1.82, 2.24) is 14.9 Å². The van der Waals surface area contributed by atoms with Crippen LogP contribution in [0.4, 0.5) is 5.95 Å². The number of esters is 1. The molecule has 2 heterocycles. The molecule has 1 fully saturated rings. The maximum Gasteiger partial charge on any atom is 0.356 e. The molecule has 98 valence electrons. The highest BCUT2D eigenvalue weighted by Gasteiger charge is 2.17. The van der Waals surface area contributed by atoms with Gasteiger partial charge in [0.1, 0.15) is 0 Å². The van der Waals surface area contributed by atoms with E-state index in [-0.39, 0.29) is 5.69 Å². The number of aromatic nitrogens is 2. The van der Waals surface area contributed by atoms with E-state index in [9.17, 15) is 4.79 Å². The van der Waals surface area contributed by atoms with Crippen molar-refractivity contribution >= 4 is 11.9 Å². The van der Waals surface area contributed by atoms with E-state index in [4.69, 9.17) is 0 Å². The summed E-state index contributed by atoms with van der Waals surface area (Å²) in [6.07, 6.45) is 3.68. The second-order valence-corrected chi connectivity index (χ2v) is 4.48. The van der Waals surface area contributed by atoms with Gasteiger partial charge >= 0.3 is 5.97 Å². The zero-order valence-corrected chi connectivity index (χ0v) is 10.7. The lowest BCUT2D eigenvalue weighted by molar-refractivity contribution is 0.0594. The van der Waals surface area contributed by atoms with Crippen LogP contribution in [0.3, 0.4) is 0 Å². The normalized spacial score (nSPS) is 17.4. The first-order valence-corrected chi connectivity index (χ1v) is 6.05. The van der Waals surface area contributed by atoms with Crippen molar-refractivity contribution in [3.05, 3.63) is 18.0 Å². The predicted molar refractivity (Wildman–Crippen MR) is 67.5 cm³/mol. The first kappa shape index (κ1) is 12.8. The van der Waals surface area contributed by atoms with Gasteiger partial charge in [-0.1, -0.05) is 0 Å². The summed E-state index contributed by atoms with van der Waals surface area (Å²) in [5, 5.41) is 3.26. The molecule has 1 aromatic rings. The van der Waals surface area contributed by atoms with E-state index < -0.39 is 5.97 Å². The highest BCUT2D eigenvalue weighted by atomic mass is 16.5. The van der Waals surface area contributed by atoms with E-state index in [0.717, 1.165) is 25.9 Å². The molecule has 1 aliphatic heterocycles. The van der Waals surface area contributed by atoms with E-state index in [1.54, 1.807) is 12.3 Å². The number of hydrogen-bond acceptors (Lipinski definition) is 6. The number of nitrogens with one attached hydrogen (secondary N) is 1. The first-order chi connectivity index (χ1) is 8.69. The number of rotatable bonds is 3. The van der Waals surface area contributed by atoms with Crippen LogP contribution in [-0.2, 0) is 4.74 Å². The number of anilines is 1. The molecule has 0 amide bonds. The largest absolute Gasteiger partial charge is 0.464 e. The number of carbonyl (C=O) groups is 1. The number of carbonyl (C=O) groups excluding carboxylic acids is 1. The molecule has 1 N–H and O–H groups in total. The van der Waals surface area contributed by atoms with Crippen LogP contribution in [-0.4, -0.2) is 54.1 Å². The molecule has 0 bridgehead atoms. The van der Waals surface area contributed by atoms with Crippen LogP contribution in [0.15, 0.2) is 12.3 Å². The molecular weight excluding hydrogens is 232 g/mol. The van der Waals surface area contributed by atoms with E-state index in [0.29, 0.717) is 12.0 Å². The Morgan fingerprint density at radius 1 is 1.50 bits per heavy atom. The van der Waals surface area contributed by atoms with Gasteiger partial charge in [-0.3, -0.25) is 0 Å². The maximum absolute atomic E-state index is 11.4. The topological polar surface area (TPSA) is 67.3 Å². The number of nitrogens with zero attached hydrogens (tertiary/aromatic N) is 3. The average Bonchev–Trinajstić information content (AvgIpc) is 2.41. The van der Waals surface area contributed by atoms with E-state index >= 15 is 0 Å². The SMILES string of the molecule is COC(=O)c1ccnc(NC2CCN(C)CC2)n1. The van der Waals surface area contributed by atoms with Gasteiger partial charge < -0.3 is 15.0 Å². The Bertz CT molecular complexity index is 416. The monoisotopic (exact) mass is 250 g/mol. The lowest BCUT2D eigenvalue weighted by Crippen LogP contribution is -2.37. The Morgan fingerprint density at radius 2 is 2.22 bits per heavy atom. The van der Waals surface area contributed by atoms with Gasteiger partial charge in [-0.2, -0.15) is 0 Å². The summed E-state index contributed by atoms with van der Waals surface area (Å²) in [4.78, 5) is 21.9. The fourth-order valence-electron chi connectivity index (χ4n) is 1.98. The van der Waals surface area contributed by atoms with E-state index in [2.05, 4.69) is 32.0 Å². The minimum Gasteiger partial charge on any atom is -0.464 e. The molecule has 6 heteroatoms. The Labute approximate surface area is 106 Å². The van der Waals surface area contributed by atoms with Gasteiger partial charge in [-0.05, 0) is 39.0 Å². The number of likely N-dealkylation sites (tertiary alicyclic amines) is 1. The zero-order valence-electron chi connectivity index (χ0n) is 10.7. The van der Waals surface area contributed by atoms with Crippen molar-refractivity contribution in [2.24, 2.45) is 0 Å². The van der Waals surface area contributed by atoms with Crippen molar-refractivity contribution < 1.29 is 9.53 Å². The standard InChI is InChI=1S/C12H18N4O2/c1-16-7-4-9(5-8-16)14-12-13-6-3-10(15-12)11(17)18-2/h3,6,9H,4-5,7-8H2,1-2H3,(H,13,14,15). The third-order valence-corrected chi connectivity index (χ3v) is 3.10. The third kappa shape index (κ3) is 3.16. The quantitative estimate of drug-likeness (QED) is 0.799. The predicted octanol–water partition coefficient (Wildman–Crippen LogP) is 0.769. The number of ether oxygens (including phenoxy) is 1. The van der Waals surface area contributed by atoms with Gasteiger partial charge in [-0.25, -0.2) is 14.8 Å². The number of piperidine rings is 1. The van der Waals surface area contributed by atoms with Crippen molar-refractivity contribution in [2.45, 2.75) is 18.9 Å². The fourth-order valence-corrected chi connectivity index (χ4v) is 1.98. The molecular formula is C12H18N4O2. The van der Waals surface area contributed by atoms with Crippen molar-refractivity contribution in [3.63, 3.8) is 0 Å². The average molecular weight is 250 g/mol. The molecule has 2 rings (SSSR count). The third-order valence-electron chi connectivity index (χ3n) is 3.10. The highest BCUT2D eigenvalue weighted by Crippen LogP contribution is 2.13. The summed E-state index contributed by atoms with van der Waals surface area (Å²) in [5.74, 6) is 0.0521. The van der Waals surface area contributed by atoms with Crippen LogP contribution >= 0.6 is 0 Å². The molecule has 6 nitrogen and oxygen atoms in total. The molecule has 0 radical (unpaired) electrons. The van der Waals surface area contributed by atoms with Crippen LogP contribution in [0.5, 0.6) is 0 Å². The van der Waals surface area contributed by atoms with Gasteiger partial charge in [0.05, 0.1) is 7.11 Å². The molecule has 1 saturated heterocycles. The molecule has 0 spiro atoms. The van der Waals surface area contributed by atoms with Gasteiger partial charge in [0.25, 0.3) is 0 Å². The van der Waals surface area contributed by atoms with Gasteiger partial charge in [0.2, 0.25) is 5.95 Å². The van der Waals surface area contributed by atoms with Crippen LogP contribution in [0.1, 0.15) is 23.3 Å². The van der Waals surface area contributed by atoms with Crippen molar-refractivity contribution in [1.29, 1.82) is 0 Å². The second kappa shape index (κ2) is 5.77. The Balaban J connectivity index is 1.99. The minimum atomic E-state index is -0.441. The minimum absolute atomic E-state index is 0.280. The summed E-state index contributed by atoms with van der Waals surface area (Å²) >= 11 is 0. The Hall–Kier alpha value is -1.69. The Kier molecular flexibility index (Phi) is 4.09. The van der Waals surface area contributed by atoms with Crippen LogP contribution in [0, 0.1) is 0 Å². The molecule has 0 aliphatic carbocycles. The lowest BCUT2D eigenvalue weighted by Gasteiger charge is -2.29. The first-order valence-electron chi connectivity index (χ1n) is 6.05.